The fraction of sp³-hybridized carbons (Fsp3) is 0.222. The first-order valence-electron chi connectivity index (χ1n) is 3.67. The van der Waals surface area contributed by atoms with Crippen LogP contribution in [0.2, 0.25) is 0 Å². The molecule has 1 aromatic heterocycles. The van der Waals surface area contributed by atoms with Crippen LogP contribution in [0.5, 0.6) is 0 Å². The van der Waals surface area contributed by atoms with Crippen LogP contribution in [0.4, 0.5) is 0 Å². The Labute approximate surface area is 124 Å². The van der Waals surface area contributed by atoms with Gasteiger partial charge in [-0.05, 0) is 26.0 Å². The Balaban J connectivity index is -0.0000000660. The third-order valence-corrected chi connectivity index (χ3v) is 0.566. The average molecular weight is 255 g/mol. The smallest absolute Gasteiger partial charge is 0.550 e. The Hall–Kier alpha value is -0.690. The van der Waals surface area contributed by atoms with E-state index in [4.69, 9.17) is 19.8 Å². The maximum atomic E-state index is 8.89. The molecule has 1 aromatic rings. The summed E-state index contributed by atoms with van der Waals surface area (Å²) in [6.07, 6.45) is 3.50. The zero-order valence-electron chi connectivity index (χ0n) is 9.17. The van der Waals surface area contributed by atoms with Gasteiger partial charge >= 0.3 is 37.7 Å². The molecule has 0 fully saturated rings. The van der Waals surface area contributed by atoms with Gasteiger partial charge in [0.25, 0.3) is 0 Å². The Kier molecular flexibility index (Phi) is 30.4. The number of hydrogen-bond acceptors (Lipinski definition) is 5. The minimum atomic E-state index is -1.08. The minimum absolute atomic E-state index is 0. The molecule has 0 spiro atoms. The van der Waals surface area contributed by atoms with Crippen LogP contribution >= 0.6 is 0 Å². The number of pyridine rings is 1. The van der Waals surface area contributed by atoms with E-state index in [9.17, 15) is 0 Å². The van der Waals surface area contributed by atoms with Crippen molar-refractivity contribution in [3.05, 3.63) is 30.6 Å². The zero-order chi connectivity index (χ0) is 11.4. The molecule has 0 amide bonds. The van der Waals surface area contributed by atoms with Crippen molar-refractivity contribution in [2.24, 2.45) is 0 Å². The molecular formula is C9H13CaNO5. The molecule has 7 heteroatoms. The number of hydrogen-bond donors (Lipinski definition) is 0. The molecule has 2 N–H and O–H groups in total. The second-order valence-electron chi connectivity index (χ2n) is 2.01. The first-order valence-corrected chi connectivity index (χ1v) is 3.67. The van der Waals surface area contributed by atoms with Crippen LogP contribution in [0.15, 0.2) is 30.6 Å². The van der Waals surface area contributed by atoms with E-state index in [1.807, 2.05) is 18.2 Å². The predicted molar refractivity (Wildman–Crippen MR) is 55.0 cm³/mol. The van der Waals surface area contributed by atoms with Crippen molar-refractivity contribution >= 4 is 49.7 Å². The Morgan fingerprint density at radius 2 is 1.19 bits per heavy atom. The number of carbonyl (C=O) groups is 2. The average Bonchev–Trinajstić information content (AvgIpc) is 2.05. The monoisotopic (exact) mass is 255 g/mol. The van der Waals surface area contributed by atoms with Crippen LogP contribution in [0.1, 0.15) is 13.8 Å². The first-order chi connectivity index (χ1) is 6.46. The van der Waals surface area contributed by atoms with Crippen molar-refractivity contribution in [1.82, 2.24) is 4.98 Å². The Morgan fingerprint density at radius 1 is 0.938 bits per heavy atom. The molecule has 16 heavy (non-hydrogen) atoms. The Morgan fingerprint density at radius 3 is 1.25 bits per heavy atom. The fourth-order valence-electron chi connectivity index (χ4n) is 0.313. The molecule has 0 saturated heterocycles. The van der Waals surface area contributed by atoms with Gasteiger partial charge in [0, 0.05) is 24.3 Å². The van der Waals surface area contributed by atoms with E-state index in [0.717, 1.165) is 13.8 Å². The summed E-state index contributed by atoms with van der Waals surface area (Å²) in [6.45, 7) is 1.94. The second-order valence-corrected chi connectivity index (χ2v) is 2.01. The number of rotatable bonds is 0. The van der Waals surface area contributed by atoms with Gasteiger partial charge in [-0.3, -0.25) is 4.98 Å². The van der Waals surface area contributed by atoms with Crippen LogP contribution in [-0.2, 0) is 9.59 Å². The number of nitrogens with zero attached hydrogens (tertiary/aromatic N) is 1. The van der Waals surface area contributed by atoms with Crippen LogP contribution in [-0.4, -0.2) is 60.1 Å². The number of carbonyl (C=O) groups excluding carboxylic acids is 2. The molecule has 0 aromatic carbocycles. The molecule has 0 aliphatic rings. The van der Waals surface area contributed by atoms with Gasteiger partial charge in [0.2, 0.25) is 0 Å². The predicted octanol–water partition coefficient (Wildman–Crippen LogP) is -2.61. The third kappa shape index (κ3) is 71.5. The van der Waals surface area contributed by atoms with Crippen LogP contribution < -0.4 is 10.2 Å². The molecule has 0 bridgehead atoms. The fourth-order valence-corrected chi connectivity index (χ4v) is 0.313. The summed E-state index contributed by atoms with van der Waals surface area (Å²) < 4.78 is 0. The maximum Gasteiger partial charge on any atom is 2.00 e. The van der Waals surface area contributed by atoms with E-state index in [1.54, 1.807) is 12.4 Å². The van der Waals surface area contributed by atoms with Gasteiger partial charge < -0.3 is 25.3 Å². The third-order valence-electron chi connectivity index (χ3n) is 0.566. The van der Waals surface area contributed by atoms with Gasteiger partial charge in [-0.2, -0.15) is 0 Å². The van der Waals surface area contributed by atoms with E-state index in [2.05, 4.69) is 4.98 Å². The van der Waals surface area contributed by atoms with Crippen molar-refractivity contribution in [3.63, 3.8) is 0 Å². The molecule has 0 saturated carbocycles. The maximum absolute atomic E-state index is 8.89. The molecule has 0 aliphatic carbocycles. The quantitative estimate of drug-likeness (QED) is 0.469. The second kappa shape index (κ2) is 19.8. The largest absolute Gasteiger partial charge is 2.00 e. The number of aliphatic carboxylic acids is 2. The number of carboxylic acid groups (broad SMARTS) is 2. The van der Waals surface area contributed by atoms with Gasteiger partial charge in [0.15, 0.2) is 0 Å². The normalized spacial score (nSPS) is 6.12. The molecule has 1 heterocycles. The molecular weight excluding hydrogens is 242 g/mol. The summed E-state index contributed by atoms with van der Waals surface area (Å²) in [4.78, 5) is 21.6. The minimum Gasteiger partial charge on any atom is -0.550 e. The van der Waals surface area contributed by atoms with Crippen molar-refractivity contribution < 1.29 is 25.3 Å². The first kappa shape index (κ1) is 24.5. The van der Waals surface area contributed by atoms with E-state index >= 15 is 0 Å². The molecule has 1 rings (SSSR count). The summed E-state index contributed by atoms with van der Waals surface area (Å²) >= 11 is 0. The summed E-state index contributed by atoms with van der Waals surface area (Å²) in [5.74, 6) is -2.17. The van der Waals surface area contributed by atoms with Gasteiger partial charge in [-0.25, -0.2) is 0 Å². The van der Waals surface area contributed by atoms with E-state index in [-0.39, 0.29) is 43.2 Å². The standard InChI is InChI=1S/C5H5N.2C2H4O2.Ca.H2O/c1-2-4-6-5-3-1;2*1-2(3)4;;/h1-5H;2*1H3,(H,3,4);;1H2/q;;;+2;/p-2. The van der Waals surface area contributed by atoms with E-state index < -0.39 is 11.9 Å². The molecule has 0 radical (unpaired) electrons. The molecule has 0 atom stereocenters. The van der Waals surface area contributed by atoms with Gasteiger partial charge in [0.05, 0.1) is 0 Å². The van der Waals surface area contributed by atoms with Crippen LogP contribution in [0.25, 0.3) is 0 Å². The molecule has 0 aliphatic heterocycles. The van der Waals surface area contributed by atoms with E-state index in [1.165, 1.54) is 0 Å². The van der Waals surface area contributed by atoms with Crippen molar-refractivity contribution in [3.8, 4) is 0 Å². The molecule has 0 unspecified atom stereocenters. The van der Waals surface area contributed by atoms with Gasteiger partial charge in [-0.1, -0.05) is 6.07 Å². The summed E-state index contributed by atoms with van der Waals surface area (Å²) in [5.41, 5.74) is 0. The SMILES string of the molecule is CC(=O)[O-].CC(=O)[O-].O.[Ca+2].c1ccncc1. The molecule has 6 nitrogen and oxygen atoms in total. The zero-order valence-corrected chi connectivity index (χ0v) is 11.4. The number of aromatic nitrogens is 1. The molecule has 86 valence electrons. The summed E-state index contributed by atoms with van der Waals surface area (Å²) in [7, 11) is 0. The Bertz CT molecular complexity index is 209. The van der Waals surface area contributed by atoms with Crippen molar-refractivity contribution in [1.29, 1.82) is 0 Å². The summed E-state index contributed by atoms with van der Waals surface area (Å²) in [5, 5.41) is 17.8. The van der Waals surface area contributed by atoms with Crippen molar-refractivity contribution in [2.45, 2.75) is 13.8 Å². The topological polar surface area (TPSA) is 125 Å². The van der Waals surface area contributed by atoms with Gasteiger partial charge in [0.1, 0.15) is 0 Å². The van der Waals surface area contributed by atoms with Gasteiger partial charge in [-0.15, -0.1) is 0 Å². The van der Waals surface area contributed by atoms with E-state index in [0.29, 0.717) is 0 Å². The summed E-state index contributed by atoms with van der Waals surface area (Å²) in [6, 6.07) is 5.72. The van der Waals surface area contributed by atoms with Crippen LogP contribution in [0.3, 0.4) is 0 Å². The number of carboxylic acids is 2. The van der Waals surface area contributed by atoms with Crippen LogP contribution in [0, 0.1) is 0 Å². The van der Waals surface area contributed by atoms with Crippen molar-refractivity contribution in [2.75, 3.05) is 0 Å².